The van der Waals surface area contributed by atoms with Crippen molar-refractivity contribution < 1.29 is 23.5 Å². The van der Waals surface area contributed by atoms with E-state index >= 15 is 0 Å². The molecule has 0 aliphatic heterocycles. The van der Waals surface area contributed by atoms with Crippen molar-refractivity contribution in [3.05, 3.63) is 70.8 Å². The van der Waals surface area contributed by atoms with E-state index in [1.165, 1.54) is 24.7 Å². The van der Waals surface area contributed by atoms with Crippen molar-refractivity contribution in [2.45, 2.75) is 69.9 Å². The lowest BCUT2D eigenvalue weighted by Crippen LogP contribution is -2.51. The number of amides is 1. The van der Waals surface area contributed by atoms with E-state index in [2.05, 4.69) is 60.8 Å². The molecule has 0 bridgehead atoms. The lowest BCUT2D eigenvalue weighted by molar-refractivity contribution is -0.128. The highest BCUT2D eigenvalue weighted by molar-refractivity contribution is 5.85. The van der Waals surface area contributed by atoms with Gasteiger partial charge in [-0.3, -0.25) is 4.79 Å². The van der Waals surface area contributed by atoms with Gasteiger partial charge in [0.15, 0.2) is 0 Å². The van der Waals surface area contributed by atoms with Gasteiger partial charge in [-0.25, -0.2) is 8.78 Å². The largest absolute Gasteiger partial charge is 0.399 e. The molecule has 6 nitrogen and oxygen atoms in total. The Labute approximate surface area is 218 Å². The van der Waals surface area contributed by atoms with E-state index in [1.54, 1.807) is 7.11 Å². The van der Waals surface area contributed by atoms with Gasteiger partial charge in [-0.2, -0.15) is 0 Å². The number of rotatable bonds is 9. The maximum atomic E-state index is 13.8. The van der Waals surface area contributed by atoms with Crippen molar-refractivity contribution in [3.8, 4) is 0 Å². The molecule has 37 heavy (non-hydrogen) atoms. The van der Waals surface area contributed by atoms with Crippen LogP contribution in [0.2, 0.25) is 0 Å². The normalized spacial score (nSPS) is 19.7. The molecule has 1 saturated carbocycles. The minimum absolute atomic E-state index is 0.00829. The van der Waals surface area contributed by atoms with Crippen LogP contribution in [0.25, 0.3) is 0 Å². The summed E-state index contributed by atoms with van der Waals surface area (Å²) < 4.78 is 27.5. The number of hydrogen-bond donors (Lipinski definition) is 3. The first-order chi connectivity index (χ1) is 17.5. The molecule has 1 fully saturated rings. The van der Waals surface area contributed by atoms with Gasteiger partial charge in [0, 0.05) is 25.2 Å². The molecule has 202 valence electrons. The fraction of sp³-hybridized carbons (Fsp3) is 0.517. The minimum Gasteiger partial charge on any atom is -0.399 e. The van der Waals surface area contributed by atoms with E-state index in [0.717, 1.165) is 43.0 Å². The lowest BCUT2D eigenvalue weighted by atomic mass is 9.74. The van der Waals surface area contributed by atoms with Crippen LogP contribution < -0.4 is 10.6 Å². The Hall–Kier alpha value is -2.84. The van der Waals surface area contributed by atoms with Gasteiger partial charge in [0.25, 0.3) is 0 Å². The highest BCUT2D eigenvalue weighted by Crippen LogP contribution is 2.38. The molecule has 2 aromatic carbocycles. The number of hydrogen-bond acceptors (Lipinski definition) is 5. The molecule has 1 aliphatic carbocycles. The van der Waals surface area contributed by atoms with Gasteiger partial charge in [0.05, 0.1) is 17.7 Å². The molecule has 1 aliphatic rings. The summed E-state index contributed by atoms with van der Waals surface area (Å²) >= 11 is 0. The predicted octanol–water partition coefficient (Wildman–Crippen LogP) is 4.59. The monoisotopic (exact) mass is 515 g/mol. The molecule has 8 heteroatoms. The van der Waals surface area contributed by atoms with Crippen molar-refractivity contribution in [1.82, 2.24) is 10.6 Å². The minimum atomic E-state index is -1.08. The van der Waals surface area contributed by atoms with Crippen LogP contribution in [0.4, 0.5) is 8.78 Å². The van der Waals surface area contributed by atoms with Gasteiger partial charge < -0.3 is 20.6 Å². The Morgan fingerprint density at radius 2 is 1.78 bits per heavy atom. The second kappa shape index (κ2) is 12.1. The van der Waals surface area contributed by atoms with Crippen LogP contribution in [0.3, 0.4) is 0 Å². The number of carbonyl (C=O) groups is 1. The number of oxime groups is 1. The molecule has 1 amide bonds. The number of aliphatic hydroxyl groups is 1. The molecule has 3 rings (SSSR count). The number of carbonyl (C=O) groups excluding carboxylic acids is 1. The third-order valence-electron chi connectivity index (χ3n) is 7.26. The Kier molecular flexibility index (Phi) is 9.42. The van der Waals surface area contributed by atoms with Crippen LogP contribution in [0, 0.1) is 17.6 Å². The highest BCUT2D eigenvalue weighted by Gasteiger charge is 2.38. The highest BCUT2D eigenvalue weighted by atomic mass is 19.1. The van der Waals surface area contributed by atoms with Gasteiger partial charge in [0.2, 0.25) is 5.91 Å². The average molecular weight is 516 g/mol. The van der Waals surface area contributed by atoms with Gasteiger partial charge >= 0.3 is 0 Å². The third-order valence-corrected chi connectivity index (χ3v) is 7.26. The Balaban J connectivity index is 1.86. The number of aliphatic hydroxyl groups excluding tert-OH is 1. The number of nitrogens with one attached hydrogen (secondary N) is 2. The zero-order chi connectivity index (χ0) is 27.2. The standard InChI is InChI=1S/C29H39F2N3O3/c1-28(2,3)20-7-6-8-21(16-20)29(11-9-24(10-12-29)34-37-5)33-18-26(35)25(27(36)32-4)15-19-13-22(30)17-23(31)14-19/h6-8,13-14,16-17,25-26,33,35H,9-12,15,18H2,1-5H3,(H,32,36). The van der Waals surface area contributed by atoms with Gasteiger partial charge in [-0.15, -0.1) is 0 Å². The van der Waals surface area contributed by atoms with Crippen molar-refractivity contribution in [2.75, 3.05) is 20.7 Å². The summed E-state index contributed by atoms with van der Waals surface area (Å²) in [5.74, 6) is -2.70. The summed E-state index contributed by atoms with van der Waals surface area (Å²) in [6.45, 7) is 6.64. The zero-order valence-corrected chi connectivity index (χ0v) is 22.4. The second-order valence-corrected chi connectivity index (χ2v) is 10.9. The van der Waals surface area contributed by atoms with Crippen LogP contribution in [0.1, 0.15) is 63.1 Å². The summed E-state index contributed by atoms with van der Waals surface area (Å²) in [5.41, 5.74) is 3.16. The quantitative estimate of drug-likeness (QED) is 0.427. The number of benzene rings is 2. The van der Waals surface area contributed by atoms with Crippen LogP contribution in [0.15, 0.2) is 47.6 Å². The number of halogens is 2. The van der Waals surface area contributed by atoms with Crippen molar-refractivity contribution >= 4 is 11.6 Å². The predicted molar refractivity (Wildman–Crippen MR) is 141 cm³/mol. The smallest absolute Gasteiger partial charge is 0.225 e. The van der Waals surface area contributed by atoms with E-state index < -0.39 is 29.2 Å². The first kappa shape index (κ1) is 28.7. The van der Waals surface area contributed by atoms with E-state index in [9.17, 15) is 18.7 Å². The maximum absolute atomic E-state index is 13.8. The van der Waals surface area contributed by atoms with E-state index in [0.29, 0.717) is 5.56 Å². The summed E-state index contributed by atoms with van der Waals surface area (Å²) in [5, 5.41) is 21.5. The third kappa shape index (κ3) is 7.36. The second-order valence-electron chi connectivity index (χ2n) is 10.9. The van der Waals surface area contributed by atoms with Crippen LogP contribution in [-0.2, 0) is 27.0 Å². The van der Waals surface area contributed by atoms with E-state index in [1.807, 2.05) is 0 Å². The Morgan fingerprint density at radius 1 is 1.14 bits per heavy atom. The molecule has 2 atom stereocenters. The zero-order valence-electron chi connectivity index (χ0n) is 22.4. The molecule has 0 spiro atoms. The van der Waals surface area contributed by atoms with Crippen LogP contribution in [-0.4, -0.2) is 43.5 Å². The number of nitrogens with zero attached hydrogens (tertiary/aromatic N) is 1. The summed E-state index contributed by atoms with van der Waals surface area (Å²) in [7, 11) is 3.03. The SMILES string of the molecule is CNC(=O)C(Cc1cc(F)cc(F)c1)C(O)CNC1(c2cccc(C(C)(C)C)c2)CCC(=NOC)CC1. The molecule has 0 radical (unpaired) electrons. The van der Waals surface area contributed by atoms with Crippen LogP contribution >= 0.6 is 0 Å². The Morgan fingerprint density at radius 3 is 2.35 bits per heavy atom. The molecule has 3 N–H and O–H groups in total. The van der Waals surface area contributed by atoms with Crippen LogP contribution in [0.5, 0.6) is 0 Å². The molecular formula is C29H39F2N3O3. The molecular weight excluding hydrogens is 476 g/mol. The molecule has 0 heterocycles. The summed E-state index contributed by atoms with van der Waals surface area (Å²) in [6, 6.07) is 11.7. The van der Waals surface area contributed by atoms with E-state index in [-0.39, 0.29) is 24.3 Å². The molecule has 2 unspecified atom stereocenters. The molecule has 0 saturated heterocycles. The van der Waals surface area contributed by atoms with E-state index in [4.69, 9.17) is 4.84 Å². The van der Waals surface area contributed by atoms with Gasteiger partial charge in [-0.1, -0.05) is 50.2 Å². The lowest BCUT2D eigenvalue weighted by Gasteiger charge is -2.41. The van der Waals surface area contributed by atoms with Gasteiger partial charge in [-0.05, 0) is 66.3 Å². The Bertz CT molecular complexity index is 1080. The van der Waals surface area contributed by atoms with Crippen molar-refractivity contribution in [3.63, 3.8) is 0 Å². The topological polar surface area (TPSA) is 83.0 Å². The molecule has 0 aromatic heterocycles. The molecule has 2 aromatic rings. The fourth-order valence-electron chi connectivity index (χ4n) is 5.05. The first-order valence-electron chi connectivity index (χ1n) is 12.8. The average Bonchev–Trinajstić information content (AvgIpc) is 2.85. The summed E-state index contributed by atoms with van der Waals surface area (Å²) in [6.07, 6.45) is 1.89. The first-order valence-corrected chi connectivity index (χ1v) is 12.8. The maximum Gasteiger partial charge on any atom is 0.225 e. The van der Waals surface area contributed by atoms with Crippen molar-refractivity contribution in [2.24, 2.45) is 11.1 Å². The fourth-order valence-corrected chi connectivity index (χ4v) is 5.05. The van der Waals surface area contributed by atoms with Gasteiger partial charge in [0.1, 0.15) is 18.7 Å². The van der Waals surface area contributed by atoms with Crippen molar-refractivity contribution in [1.29, 1.82) is 0 Å². The summed E-state index contributed by atoms with van der Waals surface area (Å²) in [4.78, 5) is 17.7.